The number of aliphatic hydroxyl groups is 1. The molecule has 0 atom stereocenters. The van der Waals surface area contributed by atoms with Crippen molar-refractivity contribution >= 4 is 17.5 Å². The third-order valence-electron chi connectivity index (χ3n) is 3.35. The first kappa shape index (κ1) is 17.8. The van der Waals surface area contributed by atoms with E-state index in [1.165, 1.54) is 0 Å². The van der Waals surface area contributed by atoms with Crippen LogP contribution < -0.4 is 11.1 Å². The summed E-state index contributed by atoms with van der Waals surface area (Å²) in [5.41, 5.74) is 9.54. The quantitative estimate of drug-likeness (QED) is 0.510. The van der Waals surface area contributed by atoms with Gasteiger partial charge in [0.2, 0.25) is 0 Å². The molecule has 0 fully saturated rings. The number of aliphatic hydroxyl groups excluding tert-OH is 1. The lowest BCUT2D eigenvalue weighted by atomic mass is 10.0. The molecule has 0 heterocycles. The van der Waals surface area contributed by atoms with Crippen molar-refractivity contribution in [3.05, 3.63) is 59.7 Å². The van der Waals surface area contributed by atoms with Gasteiger partial charge in [-0.05, 0) is 35.7 Å². The largest absolute Gasteiger partial charge is 0.447 e. The highest BCUT2D eigenvalue weighted by atomic mass is 16.6. The summed E-state index contributed by atoms with van der Waals surface area (Å²) in [5, 5.41) is 11.2. The summed E-state index contributed by atoms with van der Waals surface area (Å²) in [4.78, 5) is 11.6. The van der Waals surface area contributed by atoms with Gasteiger partial charge in [0.1, 0.15) is 6.61 Å². The van der Waals surface area contributed by atoms with Crippen molar-refractivity contribution < 1.29 is 19.4 Å². The highest BCUT2D eigenvalue weighted by Gasteiger charge is 2.04. The van der Waals surface area contributed by atoms with E-state index in [1.807, 2.05) is 48.5 Å². The number of para-hydroxylation sites is 1. The standard InChI is InChI=1S/C18H22N2O4/c19-17-4-2-1-3-15(17)13-14-5-7-16(8-6-14)20-18(22)24-12-11-23-10-9-21/h1-8,21H,9-13,19H2,(H,20,22). The lowest BCUT2D eigenvalue weighted by molar-refractivity contribution is 0.0572. The Labute approximate surface area is 141 Å². The number of carbonyl (C=O) groups is 1. The minimum absolute atomic E-state index is 0.0484. The van der Waals surface area contributed by atoms with E-state index < -0.39 is 6.09 Å². The molecule has 0 aromatic heterocycles. The van der Waals surface area contributed by atoms with Gasteiger partial charge in [-0.25, -0.2) is 4.79 Å². The van der Waals surface area contributed by atoms with Gasteiger partial charge in [0, 0.05) is 11.4 Å². The zero-order valence-corrected chi connectivity index (χ0v) is 13.4. The third-order valence-corrected chi connectivity index (χ3v) is 3.35. The molecule has 6 nitrogen and oxygen atoms in total. The fraction of sp³-hybridized carbons (Fsp3) is 0.278. The van der Waals surface area contributed by atoms with E-state index in [2.05, 4.69) is 5.32 Å². The summed E-state index contributed by atoms with van der Waals surface area (Å²) in [5.74, 6) is 0. The Balaban J connectivity index is 1.79. The van der Waals surface area contributed by atoms with Crippen LogP contribution in [-0.2, 0) is 15.9 Å². The topological polar surface area (TPSA) is 93.8 Å². The van der Waals surface area contributed by atoms with Crippen molar-refractivity contribution in [1.82, 2.24) is 0 Å². The van der Waals surface area contributed by atoms with E-state index in [0.29, 0.717) is 5.69 Å². The maximum Gasteiger partial charge on any atom is 0.411 e. The molecule has 128 valence electrons. The van der Waals surface area contributed by atoms with Crippen molar-refractivity contribution in [2.24, 2.45) is 0 Å². The molecule has 0 spiro atoms. The fourth-order valence-corrected chi connectivity index (χ4v) is 2.13. The number of benzene rings is 2. The van der Waals surface area contributed by atoms with Gasteiger partial charge in [0.15, 0.2) is 0 Å². The Bertz CT molecular complexity index is 644. The number of ether oxygens (including phenoxy) is 2. The third kappa shape index (κ3) is 5.91. The van der Waals surface area contributed by atoms with Crippen molar-refractivity contribution in [3.63, 3.8) is 0 Å². The van der Waals surface area contributed by atoms with E-state index in [9.17, 15) is 4.79 Å². The molecule has 1 amide bonds. The van der Waals surface area contributed by atoms with Crippen LogP contribution in [-0.4, -0.2) is 37.6 Å². The van der Waals surface area contributed by atoms with Crippen molar-refractivity contribution in [1.29, 1.82) is 0 Å². The Morgan fingerprint density at radius 2 is 1.79 bits per heavy atom. The second kappa shape index (κ2) is 9.54. The molecule has 0 aliphatic rings. The SMILES string of the molecule is Nc1ccccc1Cc1ccc(NC(=O)OCCOCCO)cc1. The average Bonchev–Trinajstić information content (AvgIpc) is 2.58. The first-order chi connectivity index (χ1) is 11.7. The molecule has 2 aromatic carbocycles. The summed E-state index contributed by atoms with van der Waals surface area (Å²) < 4.78 is 9.96. The second-order valence-corrected chi connectivity index (χ2v) is 5.17. The van der Waals surface area contributed by atoms with E-state index in [1.54, 1.807) is 0 Å². The number of nitrogens with one attached hydrogen (secondary N) is 1. The minimum Gasteiger partial charge on any atom is -0.447 e. The van der Waals surface area contributed by atoms with Crippen LogP contribution in [0.5, 0.6) is 0 Å². The molecule has 0 unspecified atom stereocenters. The van der Waals surface area contributed by atoms with Gasteiger partial charge < -0.3 is 20.3 Å². The Morgan fingerprint density at radius 3 is 2.50 bits per heavy atom. The average molecular weight is 330 g/mol. The molecule has 0 saturated carbocycles. The van der Waals surface area contributed by atoms with Crippen LogP contribution in [0.4, 0.5) is 16.2 Å². The Hall–Kier alpha value is -2.57. The van der Waals surface area contributed by atoms with Crippen molar-refractivity contribution in [3.8, 4) is 0 Å². The van der Waals surface area contributed by atoms with Crippen molar-refractivity contribution in [2.45, 2.75) is 6.42 Å². The van der Waals surface area contributed by atoms with Crippen LogP contribution in [0, 0.1) is 0 Å². The number of amides is 1. The monoisotopic (exact) mass is 330 g/mol. The van der Waals surface area contributed by atoms with Crippen LogP contribution in [0.3, 0.4) is 0 Å². The first-order valence-electron chi connectivity index (χ1n) is 7.74. The van der Waals surface area contributed by atoms with E-state index >= 15 is 0 Å². The summed E-state index contributed by atoms with van der Waals surface area (Å²) in [6.07, 6.45) is 0.196. The number of hydrogen-bond donors (Lipinski definition) is 3. The number of nitrogens with two attached hydrogens (primary N) is 1. The van der Waals surface area contributed by atoms with Crippen LogP contribution in [0.25, 0.3) is 0 Å². The summed E-state index contributed by atoms with van der Waals surface area (Å²) in [7, 11) is 0. The predicted molar refractivity (Wildman–Crippen MR) is 93.0 cm³/mol. The minimum atomic E-state index is -0.539. The summed E-state index contributed by atoms with van der Waals surface area (Å²) >= 11 is 0. The molecule has 0 radical (unpaired) electrons. The number of carbonyl (C=O) groups excluding carboxylic acids is 1. The van der Waals surface area contributed by atoms with Crippen molar-refractivity contribution in [2.75, 3.05) is 37.5 Å². The molecule has 2 aromatic rings. The van der Waals surface area contributed by atoms with Crippen LogP contribution in [0.2, 0.25) is 0 Å². The smallest absolute Gasteiger partial charge is 0.411 e. The number of anilines is 2. The van der Waals surface area contributed by atoms with Crippen LogP contribution in [0.1, 0.15) is 11.1 Å². The number of hydrogen-bond acceptors (Lipinski definition) is 5. The summed E-state index contributed by atoms with van der Waals surface area (Å²) in [6, 6.07) is 15.3. The zero-order valence-electron chi connectivity index (χ0n) is 13.4. The van der Waals surface area contributed by atoms with E-state index in [-0.39, 0.29) is 26.4 Å². The van der Waals surface area contributed by atoms with Gasteiger partial charge >= 0.3 is 6.09 Å². The molecule has 0 bridgehead atoms. The molecular formula is C18H22N2O4. The molecule has 0 aliphatic carbocycles. The zero-order chi connectivity index (χ0) is 17.2. The maximum absolute atomic E-state index is 11.6. The van der Waals surface area contributed by atoms with E-state index in [4.69, 9.17) is 20.3 Å². The highest BCUT2D eigenvalue weighted by Crippen LogP contribution is 2.17. The van der Waals surface area contributed by atoms with Gasteiger partial charge in [-0.2, -0.15) is 0 Å². The van der Waals surface area contributed by atoms with Gasteiger partial charge in [0.05, 0.1) is 19.8 Å². The lowest BCUT2D eigenvalue weighted by Crippen LogP contribution is -2.17. The van der Waals surface area contributed by atoms with Gasteiger partial charge in [-0.1, -0.05) is 30.3 Å². The molecule has 6 heteroatoms. The Morgan fingerprint density at radius 1 is 1.04 bits per heavy atom. The van der Waals surface area contributed by atoms with Crippen LogP contribution >= 0.6 is 0 Å². The van der Waals surface area contributed by atoms with Crippen LogP contribution in [0.15, 0.2) is 48.5 Å². The Kier molecular flexibility index (Phi) is 7.07. The lowest BCUT2D eigenvalue weighted by Gasteiger charge is -2.09. The number of nitrogen functional groups attached to an aromatic ring is 1. The summed E-state index contributed by atoms with van der Waals surface area (Å²) in [6.45, 7) is 0.578. The molecule has 4 N–H and O–H groups in total. The maximum atomic E-state index is 11.6. The first-order valence-corrected chi connectivity index (χ1v) is 7.74. The molecule has 24 heavy (non-hydrogen) atoms. The molecule has 0 aliphatic heterocycles. The molecule has 2 rings (SSSR count). The van der Waals surface area contributed by atoms with Gasteiger partial charge in [0.25, 0.3) is 0 Å². The fourth-order valence-electron chi connectivity index (χ4n) is 2.13. The molecule has 0 saturated heterocycles. The van der Waals surface area contributed by atoms with E-state index in [0.717, 1.165) is 23.2 Å². The van der Waals surface area contributed by atoms with Gasteiger partial charge in [-0.15, -0.1) is 0 Å². The number of rotatable bonds is 8. The predicted octanol–water partition coefficient (Wildman–Crippen LogP) is 2.42. The second-order valence-electron chi connectivity index (χ2n) is 5.17. The van der Waals surface area contributed by atoms with Gasteiger partial charge in [-0.3, -0.25) is 5.32 Å². The highest BCUT2D eigenvalue weighted by molar-refractivity contribution is 5.84. The normalized spacial score (nSPS) is 10.4. The molecular weight excluding hydrogens is 308 g/mol.